The highest BCUT2D eigenvalue weighted by Gasteiger charge is 2.37. The van der Waals surface area contributed by atoms with Gasteiger partial charge in [-0.3, -0.25) is 9.59 Å². The number of hydrogen-bond acceptors (Lipinski definition) is 3. The van der Waals surface area contributed by atoms with E-state index in [1.54, 1.807) is 4.90 Å². The fourth-order valence-corrected chi connectivity index (χ4v) is 3.57. The molecule has 128 valence electrons. The largest absolute Gasteiger partial charge is 0.487 e. The van der Waals surface area contributed by atoms with Crippen LogP contribution in [0.25, 0.3) is 0 Å². The van der Waals surface area contributed by atoms with Crippen LogP contribution in [0.1, 0.15) is 12.8 Å². The number of piperidine rings is 1. The van der Waals surface area contributed by atoms with E-state index < -0.39 is 0 Å². The van der Waals surface area contributed by atoms with Crippen molar-refractivity contribution in [2.45, 2.75) is 18.9 Å². The van der Waals surface area contributed by atoms with E-state index in [0.29, 0.717) is 26.2 Å². The summed E-state index contributed by atoms with van der Waals surface area (Å²) < 4.78 is 6.85. The van der Waals surface area contributed by atoms with Gasteiger partial charge in [0.25, 0.3) is 0 Å². The standard InChI is InChI=1S/C18H21BrN2O3/c1-2-17(22)20-8-4-5-13(10-20)18(23)21-11-16(12-21)24-15-7-3-6-14(19)9-15/h2-3,6-7,9,13,16H,1,4-5,8,10-12H2. The fraction of sp³-hybridized carbons (Fsp3) is 0.444. The van der Waals surface area contributed by atoms with Gasteiger partial charge in [-0.25, -0.2) is 0 Å². The van der Waals surface area contributed by atoms with Gasteiger partial charge in [-0.1, -0.05) is 28.6 Å². The van der Waals surface area contributed by atoms with Gasteiger partial charge in [-0.05, 0) is 37.1 Å². The summed E-state index contributed by atoms with van der Waals surface area (Å²) in [5, 5.41) is 0. The summed E-state index contributed by atoms with van der Waals surface area (Å²) in [6, 6.07) is 7.70. The summed E-state index contributed by atoms with van der Waals surface area (Å²) in [4.78, 5) is 27.9. The summed E-state index contributed by atoms with van der Waals surface area (Å²) in [6.07, 6.45) is 3.06. The molecule has 1 unspecified atom stereocenters. The average Bonchev–Trinajstić information content (AvgIpc) is 2.56. The summed E-state index contributed by atoms with van der Waals surface area (Å²) in [7, 11) is 0. The molecule has 6 heteroatoms. The van der Waals surface area contributed by atoms with Crippen molar-refractivity contribution in [3.63, 3.8) is 0 Å². The summed E-state index contributed by atoms with van der Waals surface area (Å²) in [5.74, 6) is 0.744. The molecule has 3 rings (SSSR count). The van der Waals surface area contributed by atoms with Crippen molar-refractivity contribution in [1.29, 1.82) is 0 Å². The second kappa shape index (κ2) is 7.38. The molecule has 0 bridgehead atoms. The number of hydrogen-bond donors (Lipinski definition) is 0. The minimum atomic E-state index is -0.102. The summed E-state index contributed by atoms with van der Waals surface area (Å²) in [6.45, 7) is 5.94. The van der Waals surface area contributed by atoms with E-state index in [-0.39, 0.29) is 23.8 Å². The van der Waals surface area contributed by atoms with Crippen molar-refractivity contribution in [1.82, 2.24) is 9.80 Å². The molecule has 24 heavy (non-hydrogen) atoms. The molecule has 5 nitrogen and oxygen atoms in total. The van der Waals surface area contributed by atoms with Crippen LogP contribution in [0.4, 0.5) is 0 Å². The third-order valence-electron chi connectivity index (χ3n) is 4.52. The number of amides is 2. The zero-order valence-electron chi connectivity index (χ0n) is 13.5. The fourth-order valence-electron chi connectivity index (χ4n) is 3.19. The summed E-state index contributed by atoms with van der Waals surface area (Å²) in [5.41, 5.74) is 0. The van der Waals surface area contributed by atoms with E-state index >= 15 is 0 Å². The van der Waals surface area contributed by atoms with Gasteiger partial charge in [-0.15, -0.1) is 0 Å². The van der Waals surface area contributed by atoms with Crippen LogP contribution < -0.4 is 4.74 Å². The maximum atomic E-state index is 12.6. The van der Waals surface area contributed by atoms with Crippen LogP contribution in [0.5, 0.6) is 5.75 Å². The van der Waals surface area contributed by atoms with Gasteiger partial charge in [0, 0.05) is 17.6 Å². The Hall–Kier alpha value is -1.82. The number of carbonyl (C=O) groups is 2. The zero-order chi connectivity index (χ0) is 17.1. The van der Waals surface area contributed by atoms with Crippen LogP contribution in [0.15, 0.2) is 41.4 Å². The number of carbonyl (C=O) groups excluding carboxylic acids is 2. The van der Waals surface area contributed by atoms with Crippen molar-refractivity contribution in [2.75, 3.05) is 26.2 Å². The predicted octanol–water partition coefficient (Wildman–Crippen LogP) is 2.46. The van der Waals surface area contributed by atoms with Crippen molar-refractivity contribution in [3.8, 4) is 5.75 Å². The van der Waals surface area contributed by atoms with E-state index in [9.17, 15) is 9.59 Å². The number of benzene rings is 1. The highest BCUT2D eigenvalue weighted by molar-refractivity contribution is 9.10. The van der Waals surface area contributed by atoms with Crippen LogP contribution in [-0.4, -0.2) is 53.9 Å². The summed E-state index contributed by atoms with van der Waals surface area (Å²) >= 11 is 3.42. The van der Waals surface area contributed by atoms with Crippen LogP contribution in [-0.2, 0) is 9.59 Å². The van der Waals surface area contributed by atoms with E-state index in [0.717, 1.165) is 23.1 Å². The molecule has 1 aromatic rings. The second-order valence-corrected chi connectivity index (χ2v) is 7.18. The Morgan fingerprint density at radius 3 is 2.75 bits per heavy atom. The lowest BCUT2D eigenvalue weighted by Gasteiger charge is -2.42. The smallest absolute Gasteiger partial charge is 0.245 e. The van der Waals surface area contributed by atoms with Crippen LogP contribution >= 0.6 is 15.9 Å². The number of ether oxygens (including phenoxy) is 1. The Balaban J connectivity index is 1.49. The number of likely N-dealkylation sites (tertiary alicyclic amines) is 2. The molecule has 0 spiro atoms. The maximum absolute atomic E-state index is 12.6. The zero-order valence-corrected chi connectivity index (χ0v) is 15.1. The van der Waals surface area contributed by atoms with E-state index in [4.69, 9.17) is 4.74 Å². The van der Waals surface area contributed by atoms with E-state index in [1.165, 1.54) is 6.08 Å². The predicted molar refractivity (Wildman–Crippen MR) is 94.6 cm³/mol. The normalized spacial score (nSPS) is 21.1. The monoisotopic (exact) mass is 392 g/mol. The molecule has 0 aromatic heterocycles. The molecule has 2 heterocycles. The molecular formula is C18H21BrN2O3. The van der Waals surface area contributed by atoms with Gasteiger partial charge in [-0.2, -0.15) is 0 Å². The molecule has 1 aromatic carbocycles. The van der Waals surface area contributed by atoms with Crippen molar-refractivity contribution < 1.29 is 14.3 Å². The first-order chi connectivity index (χ1) is 11.6. The minimum Gasteiger partial charge on any atom is -0.487 e. The Bertz CT molecular complexity index is 643. The Morgan fingerprint density at radius 1 is 1.25 bits per heavy atom. The SMILES string of the molecule is C=CC(=O)N1CCCC(C(=O)N2CC(Oc3cccc(Br)c3)C2)C1. The highest BCUT2D eigenvalue weighted by atomic mass is 79.9. The van der Waals surface area contributed by atoms with Gasteiger partial charge >= 0.3 is 0 Å². The third-order valence-corrected chi connectivity index (χ3v) is 5.01. The quantitative estimate of drug-likeness (QED) is 0.739. The highest BCUT2D eigenvalue weighted by Crippen LogP contribution is 2.25. The molecule has 0 saturated carbocycles. The van der Waals surface area contributed by atoms with Crippen molar-refractivity contribution in [3.05, 3.63) is 41.4 Å². The van der Waals surface area contributed by atoms with Gasteiger partial charge in [0.05, 0.1) is 19.0 Å². The lowest BCUT2D eigenvalue weighted by Crippen LogP contribution is -2.59. The Morgan fingerprint density at radius 2 is 2.04 bits per heavy atom. The third kappa shape index (κ3) is 3.80. The average molecular weight is 393 g/mol. The Labute approximate surface area is 150 Å². The topological polar surface area (TPSA) is 49.9 Å². The van der Waals surface area contributed by atoms with Crippen LogP contribution in [0.2, 0.25) is 0 Å². The molecule has 1 atom stereocenters. The first-order valence-corrected chi connectivity index (χ1v) is 8.98. The molecule has 2 fully saturated rings. The molecule has 2 amide bonds. The van der Waals surface area contributed by atoms with E-state index in [2.05, 4.69) is 22.5 Å². The number of halogens is 1. The lowest BCUT2D eigenvalue weighted by atomic mass is 9.94. The molecule has 2 aliphatic rings. The van der Waals surface area contributed by atoms with Crippen LogP contribution in [0, 0.1) is 5.92 Å². The number of rotatable bonds is 4. The first-order valence-electron chi connectivity index (χ1n) is 8.19. The molecule has 0 radical (unpaired) electrons. The molecule has 2 aliphatic heterocycles. The minimum absolute atomic E-state index is 0.0396. The first kappa shape index (κ1) is 17.0. The maximum Gasteiger partial charge on any atom is 0.245 e. The van der Waals surface area contributed by atoms with Gasteiger partial charge in [0.1, 0.15) is 11.9 Å². The molecular weight excluding hydrogens is 372 g/mol. The molecule has 0 N–H and O–H groups in total. The molecule has 0 aliphatic carbocycles. The van der Waals surface area contributed by atoms with E-state index in [1.807, 2.05) is 29.2 Å². The van der Waals surface area contributed by atoms with Gasteiger partial charge < -0.3 is 14.5 Å². The van der Waals surface area contributed by atoms with Gasteiger partial charge in [0.15, 0.2) is 0 Å². The lowest BCUT2D eigenvalue weighted by molar-refractivity contribution is -0.147. The van der Waals surface area contributed by atoms with Crippen LogP contribution in [0.3, 0.4) is 0 Å². The van der Waals surface area contributed by atoms with Crippen molar-refractivity contribution in [2.24, 2.45) is 5.92 Å². The molecule has 2 saturated heterocycles. The second-order valence-electron chi connectivity index (χ2n) is 6.27. The Kier molecular flexibility index (Phi) is 5.23. The number of nitrogens with zero attached hydrogens (tertiary/aromatic N) is 2. The van der Waals surface area contributed by atoms with Crippen molar-refractivity contribution >= 4 is 27.7 Å². The van der Waals surface area contributed by atoms with Gasteiger partial charge in [0.2, 0.25) is 11.8 Å².